The lowest BCUT2D eigenvalue weighted by Crippen LogP contribution is -2.73. The summed E-state index contributed by atoms with van der Waals surface area (Å²) in [5, 5.41) is 100. The van der Waals surface area contributed by atoms with E-state index in [4.69, 9.17) is 42.3 Å². The highest BCUT2D eigenvalue weighted by molar-refractivity contribution is 5.09. The normalized spacial score (nSPS) is 51.6. The second kappa shape index (κ2) is 14.4. The number of nitrogens with one attached hydrogen (secondary N) is 2. The van der Waals surface area contributed by atoms with Gasteiger partial charge in [-0.3, -0.25) is 5.32 Å². The number of hydrogen-bond donors (Lipinski definition) is 15. The Bertz CT molecular complexity index is 892. The van der Waals surface area contributed by atoms with E-state index in [1.807, 2.05) is 0 Å². The van der Waals surface area contributed by atoms with Crippen LogP contribution in [0, 0.1) is 5.92 Å². The SMILES string of the molecule is NC1CC(O)(C(O)NC2CC(N)C(C3OC(CNCCO)C(O)C(O)C3N)C(O)C2OC2OC(CO)C(O)C(N)C2O)C1. The third kappa shape index (κ3) is 7.17. The molecule has 0 aromatic heterocycles. The summed E-state index contributed by atoms with van der Waals surface area (Å²) in [5.41, 5.74) is 23.0. The highest BCUT2D eigenvalue weighted by Crippen LogP contribution is 2.38. The second-order valence-corrected chi connectivity index (χ2v) is 12.4. The Morgan fingerprint density at radius 1 is 0.860 bits per heavy atom. The van der Waals surface area contributed by atoms with Crippen LogP contribution >= 0.6 is 0 Å². The van der Waals surface area contributed by atoms with Crippen molar-refractivity contribution >= 4 is 0 Å². The van der Waals surface area contributed by atoms with E-state index in [1.54, 1.807) is 0 Å². The van der Waals surface area contributed by atoms with Crippen molar-refractivity contribution in [3.05, 3.63) is 0 Å². The van der Waals surface area contributed by atoms with Crippen LogP contribution in [0.1, 0.15) is 19.3 Å². The van der Waals surface area contributed by atoms with Crippen molar-refractivity contribution in [1.82, 2.24) is 10.6 Å². The Labute approximate surface area is 248 Å². The molecule has 4 rings (SSSR count). The standard InChI is InChI=1S/C25H50N6O12/c26-8-4-25(40,5-8)24(39)31-10-3-9(27)13(22-15(29)19(37)17(35)11(41-22)6-30-1-2-32)18(36)21(10)43-23-20(38)14(28)16(34)12(7-33)42-23/h8-24,30-40H,1-7,26-29H2. The van der Waals surface area contributed by atoms with E-state index >= 15 is 0 Å². The average Bonchev–Trinajstić information content (AvgIpc) is 2.95. The summed E-state index contributed by atoms with van der Waals surface area (Å²) in [6, 6.07) is -4.61. The van der Waals surface area contributed by atoms with Gasteiger partial charge in [0.25, 0.3) is 0 Å². The fraction of sp³-hybridized carbons (Fsp3) is 1.00. The van der Waals surface area contributed by atoms with Crippen LogP contribution in [-0.4, -0.2) is 176 Å². The highest BCUT2D eigenvalue weighted by Gasteiger charge is 2.56. The summed E-state index contributed by atoms with van der Waals surface area (Å²) in [4.78, 5) is 0. The Kier molecular flexibility index (Phi) is 11.7. The number of ether oxygens (including phenoxy) is 3. The molecular weight excluding hydrogens is 576 g/mol. The van der Waals surface area contributed by atoms with E-state index in [0.717, 1.165) is 0 Å². The molecule has 2 aliphatic heterocycles. The number of hydrogen-bond acceptors (Lipinski definition) is 18. The number of nitrogens with two attached hydrogens (primary N) is 4. The molecule has 2 saturated heterocycles. The third-order valence-electron chi connectivity index (χ3n) is 9.34. The van der Waals surface area contributed by atoms with Crippen molar-refractivity contribution in [2.75, 3.05) is 26.3 Å². The topological polar surface area (TPSA) is 338 Å². The van der Waals surface area contributed by atoms with E-state index in [0.29, 0.717) is 0 Å². The molecule has 0 amide bonds. The summed E-state index contributed by atoms with van der Waals surface area (Å²) >= 11 is 0. The zero-order chi connectivity index (χ0) is 31.8. The first-order valence-electron chi connectivity index (χ1n) is 14.7. The molecule has 4 aliphatic rings. The van der Waals surface area contributed by atoms with Crippen molar-refractivity contribution in [3.8, 4) is 0 Å². The molecular formula is C25H50N6O12. The quantitative estimate of drug-likeness (QED) is 0.0747. The van der Waals surface area contributed by atoms with Crippen LogP contribution in [0.4, 0.5) is 0 Å². The van der Waals surface area contributed by atoms with Gasteiger partial charge in [-0.2, -0.15) is 0 Å². The van der Waals surface area contributed by atoms with Crippen LogP contribution in [0.15, 0.2) is 0 Å². The van der Waals surface area contributed by atoms with Gasteiger partial charge in [0.05, 0.1) is 43.6 Å². The molecule has 16 atom stereocenters. The molecule has 16 unspecified atom stereocenters. The second-order valence-electron chi connectivity index (χ2n) is 12.4. The number of rotatable bonds is 11. The van der Waals surface area contributed by atoms with E-state index in [1.165, 1.54) is 0 Å². The van der Waals surface area contributed by atoms with Gasteiger partial charge in [0, 0.05) is 37.1 Å². The lowest BCUT2D eigenvalue weighted by molar-refractivity contribution is -0.309. The van der Waals surface area contributed by atoms with Gasteiger partial charge >= 0.3 is 0 Å². The Morgan fingerprint density at radius 3 is 2.14 bits per heavy atom. The fourth-order valence-corrected chi connectivity index (χ4v) is 6.74. The first-order valence-corrected chi connectivity index (χ1v) is 14.7. The molecule has 2 aliphatic carbocycles. The Morgan fingerprint density at radius 2 is 1.53 bits per heavy atom. The minimum atomic E-state index is -1.59. The van der Waals surface area contributed by atoms with E-state index < -0.39 is 110 Å². The molecule has 2 saturated carbocycles. The Balaban J connectivity index is 1.60. The van der Waals surface area contributed by atoms with E-state index in [2.05, 4.69) is 10.6 Å². The van der Waals surface area contributed by atoms with Crippen molar-refractivity contribution in [3.63, 3.8) is 0 Å². The zero-order valence-electron chi connectivity index (χ0n) is 23.8. The lowest BCUT2D eigenvalue weighted by atomic mass is 9.70. The number of aliphatic hydroxyl groups excluding tert-OH is 8. The van der Waals surface area contributed by atoms with Crippen LogP contribution in [-0.2, 0) is 14.2 Å². The summed E-state index contributed by atoms with van der Waals surface area (Å²) in [7, 11) is 0. The lowest BCUT2D eigenvalue weighted by Gasteiger charge is -2.53. The first-order chi connectivity index (χ1) is 20.2. The highest BCUT2D eigenvalue weighted by atomic mass is 16.7. The van der Waals surface area contributed by atoms with Gasteiger partial charge in [0.2, 0.25) is 0 Å². The molecule has 18 nitrogen and oxygen atoms in total. The van der Waals surface area contributed by atoms with Gasteiger partial charge in [-0.25, -0.2) is 0 Å². The summed E-state index contributed by atoms with van der Waals surface area (Å²) < 4.78 is 17.7. The fourth-order valence-electron chi connectivity index (χ4n) is 6.74. The molecule has 0 spiro atoms. The van der Waals surface area contributed by atoms with E-state index in [-0.39, 0.29) is 45.0 Å². The van der Waals surface area contributed by atoms with Crippen LogP contribution in [0.2, 0.25) is 0 Å². The molecule has 2 heterocycles. The van der Waals surface area contributed by atoms with Crippen LogP contribution in [0.5, 0.6) is 0 Å². The molecule has 0 bridgehead atoms. The maximum atomic E-state index is 11.8. The first kappa shape index (κ1) is 35.1. The molecule has 18 heteroatoms. The van der Waals surface area contributed by atoms with E-state index in [9.17, 15) is 40.9 Å². The van der Waals surface area contributed by atoms with Gasteiger partial charge in [-0.1, -0.05) is 0 Å². The molecule has 43 heavy (non-hydrogen) atoms. The molecule has 0 aromatic carbocycles. The van der Waals surface area contributed by atoms with Crippen molar-refractivity contribution < 1.29 is 60.2 Å². The maximum absolute atomic E-state index is 11.8. The van der Waals surface area contributed by atoms with Gasteiger partial charge in [-0.05, 0) is 19.3 Å². The molecule has 19 N–H and O–H groups in total. The maximum Gasteiger partial charge on any atom is 0.186 e. The molecule has 4 fully saturated rings. The van der Waals surface area contributed by atoms with Gasteiger partial charge < -0.3 is 88.4 Å². The van der Waals surface area contributed by atoms with Crippen LogP contribution in [0.3, 0.4) is 0 Å². The third-order valence-corrected chi connectivity index (χ3v) is 9.34. The molecule has 252 valence electrons. The predicted molar refractivity (Wildman–Crippen MR) is 146 cm³/mol. The summed E-state index contributed by atoms with van der Waals surface area (Å²) in [6.45, 7) is -0.578. The molecule has 0 aromatic rings. The largest absolute Gasteiger partial charge is 0.395 e. The smallest absolute Gasteiger partial charge is 0.186 e. The monoisotopic (exact) mass is 626 g/mol. The van der Waals surface area contributed by atoms with Crippen molar-refractivity contribution in [2.45, 2.75) is 123 Å². The summed E-state index contributed by atoms with van der Waals surface area (Å²) in [6.07, 6.45) is -14.8. The van der Waals surface area contributed by atoms with Gasteiger partial charge in [0.15, 0.2) is 6.29 Å². The summed E-state index contributed by atoms with van der Waals surface area (Å²) in [5.74, 6) is -1.02. The minimum Gasteiger partial charge on any atom is -0.395 e. The van der Waals surface area contributed by atoms with Crippen molar-refractivity contribution in [2.24, 2.45) is 28.9 Å². The minimum absolute atomic E-state index is 0.00513. The number of aliphatic hydroxyl groups is 9. The zero-order valence-corrected chi connectivity index (χ0v) is 23.8. The van der Waals surface area contributed by atoms with Gasteiger partial charge in [-0.15, -0.1) is 0 Å². The predicted octanol–water partition coefficient (Wildman–Crippen LogP) is -8.63. The van der Waals surface area contributed by atoms with Gasteiger partial charge in [0.1, 0.15) is 48.5 Å². The average molecular weight is 627 g/mol. The van der Waals surface area contributed by atoms with Crippen LogP contribution in [0.25, 0.3) is 0 Å². The van der Waals surface area contributed by atoms with Crippen molar-refractivity contribution in [1.29, 1.82) is 0 Å². The molecule has 0 radical (unpaired) electrons. The van der Waals surface area contributed by atoms with Crippen LogP contribution < -0.4 is 33.6 Å². The Hall–Kier alpha value is -0.720.